The number of sulfonamides is 1. The van der Waals surface area contributed by atoms with Gasteiger partial charge in [0.15, 0.2) is 9.84 Å². The predicted molar refractivity (Wildman–Crippen MR) is 165 cm³/mol. The molecule has 0 bridgehead atoms. The van der Waals surface area contributed by atoms with Crippen molar-refractivity contribution >= 4 is 53.5 Å². The number of ether oxygens (including phenoxy) is 2. The van der Waals surface area contributed by atoms with Gasteiger partial charge in [-0.15, -0.1) is 16.4 Å². The van der Waals surface area contributed by atoms with Crippen LogP contribution in [-0.2, 0) is 39.9 Å². The molecule has 11 nitrogen and oxygen atoms in total. The zero-order valence-electron chi connectivity index (χ0n) is 25.5. The molecule has 3 aromatic rings. The maximum atomic E-state index is 13.6. The van der Waals surface area contributed by atoms with Gasteiger partial charge in [0.1, 0.15) is 17.2 Å². The number of hydrogen-bond donors (Lipinski definition) is 0. The molecule has 0 saturated heterocycles. The van der Waals surface area contributed by atoms with Crippen LogP contribution in [0.1, 0.15) is 58.7 Å². The highest BCUT2D eigenvalue weighted by atomic mass is 32.2. The minimum atomic E-state index is -3.98. The molecule has 0 N–H and O–H groups in total. The normalized spacial score (nSPS) is 13.5. The summed E-state index contributed by atoms with van der Waals surface area (Å²) in [5, 5.41) is 3.34. The Balaban J connectivity index is 2.08. The maximum absolute atomic E-state index is 13.6. The highest BCUT2D eigenvalue weighted by Crippen LogP contribution is 2.30. The first-order valence-corrected chi connectivity index (χ1v) is 17.4. The van der Waals surface area contributed by atoms with Gasteiger partial charge in [0.05, 0.1) is 16.4 Å². The lowest BCUT2D eigenvalue weighted by molar-refractivity contribution is -0.153. The van der Waals surface area contributed by atoms with E-state index in [1.54, 1.807) is 53.7 Å². The van der Waals surface area contributed by atoms with Gasteiger partial charge in [-0.05, 0) is 93.8 Å². The topological polar surface area (TPSA) is 137 Å². The fourth-order valence-electron chi connectivity index (χ4n) is 3.92. The van der Waals surface area contributed by atoms with Crippen LogP contribution in [0, 0.1) is 0 Å². The van der Waals surface area contributed by atoms with Crippen LogP contribution in [0.15, 0.2) is 58.8 Å². The standard InChI is InChI=1S/C29H38N2O9S3/c1-28(2,3)38-26(32)31(40-27(33)39-29(4,5)6)24(21-10-12-23(13-11-21)43(36,37)30(7)8)19-42(34,35)18-20-9-14-25-22(17-20)15-16-41-25/h9-17,24H,18-19H2,1-8H3. The number of fused-ring (bicyclic) bond motifs is 1. The molecule has 1 unspecified atom stereocenters. The number of rotatable bonds is 8. The van der Waals surface area contributed by atoms with Crippen molar-refractivity contribution < 1.29 is 40.7 Å². The van der Waals surface area contributed by atoms with E-state index in [2.05, 4.69) is 0 Å². The highest BCUT2D eigenvalue weighted by Gasteiger charge is 2.38. The van der Waals surface area contributed by atoms with Gasteiger partial charge in [0, 0.05) is 18.8 Å². The van der Waals surface area contributed by atoms with E-state index in [4.69, 9.17) is 14.3 Å². The van der Waals surface area contributed by atoms with Gasteiger partial charge in [-0.2, -0.15) is 0 Å². The van der Waals surface area contributed by atoms with Crippen LogP contribution in [0.5, 0.6) is 0 Å². The van der Waals surface area contributed by atoms with Crippen molar-refractivity contribution in [3.8, 4) is 0 Å². The molecule has 0 saturated carbocycles. The third kappa shape index (κ3) is 9.65. The zero-order chi connectivity index (χ0) is 32.4. The molecule has 1 amide bonds. The number of hydrogen-bond acceptors (Lipinski definition) is 10. The van der Waals surface area contributed by atoms with Gasteiger partial charge in [-0.25, -0.2) is 30.7 Å². The van der Waals surface area contributed by atoms with E-state index in [0.717, 1.165) is 14.4 Å². The number of benzene rings is 2. The van der Waals surface area contributed by atoms with Crippen LogP contribution in [0.3, 0.4) is 0 Å². The van der Waals surface area contributed by atoms with Gasteiger partial charge in [-0.3, -0.25) is 4.84 Å². The van der Waals surface area contributed by atoms with Crippen molar-refractivity contribution in [1.82, 2.24) is 9.37 Å². The van der Waals surface area contributed by atoms with Gasteiger partial charge < -0.3 is 9.47 Å². The van der Waals surface area contributed by atoms with Crippen LogP contribution in [-0.4, -0.2) is 69.5 Å². The molecular weight excluding hydrogens is 617 g/mol. The zero-order valence-corrected chi connectivity index (χ0v) is 27.9. The summed E-state index contributed by atoms with van der Waals surface area (Å²) in [5.41, 5.74) is -1.30. The molecule has 0 spiro atoms. The molecule has 2 aromatic carbocycles. The van der Waals surface area contributed by atoms with Gasteiger partial charge in [0.2, 0.25) is 10.0 Å². The second-order valence-corrected chi connectivity index (χ2v) is 17.3. The summed E-state index contributed by atoms with van der Waals surface area (Å²) in [7, 11) is -5.03. The first kappa shape index (κ1) is 34.3. The Labute approximate surface area is 257 Å². The number of carbonyl (C=O) groups is 2. The predicted octanol–water partition coefficient (Wildman–Crippen LogP) is 5.91. The van der Waals surface area contributed by atoms with Crippen LogP contribution < -0.4 is 0 Å². The lowest BCUT2D eigenvalue weighted by Gasteiger charge is -2.32. The number of sulfone groups is 1. The van der Waals surface area contributed by atoms with Crippen molar-refractivity contribution in [2.24, 2.45) is 0 Å². The van der Waals surface area contributed by atoms with Gasteiger partial charge >= 0.3 is 12.2 Å². The molecular formula is C29H38N2O9S3. The molecule has 3 rings (SSSR count). The lowest BCUT2D eigenvalue weighted by Crippen LogP contribution is -2.44. The Morgan fingerprint density at radius 3 is 2.02 bits per heavy atom. The minimum absolute atomic E-state index is 0.0520. The monoisotopic (exact) mass is 654 g/mol. The van der Waals surface area contributed by atoms with Crippen LogP contribution in [0.2, 0.25) is 0 Å². The van der Waals surface area contributed by atoms with Crippen molar-refractivity contribution in [1.29, 1.82) is 0 Å². The molecule has 43 heavy (non-hydrogen) atoms. The van der Waals surface area contributed by atoms with E-state index in [9.17, 15) is 26.4 Å². The van der Waals surface area contributed by atoms with E-state index in [1.807, 2.05) is 17.5 Å². The Kier molecular flexibility index (Phi) is 10.2. The minimum Gasteiger partial charge on any atom is -0.442 e. The summed E-state index contributed by atoms with van der Waals surface area (Å²) < 4.78 is 65.4. The van der Waals surface area contributed by atoms with Crippen LogP contribution in [0.4, 0.5) is 9.59 Å². The molecule has 0 aliphatic rings. The number of carbonyl (C=O) groups excluding carboxylic acids is 2. The molecule has 236 valence electrons. The quantitative estimate of drug-likeness (QED) is 0.214. The number of thiophene rings is 1. The summed E-state index contributed by atoms with van der Waals surface area (Å²) in [6.07, 6.45) is -2.39. The van der Waals surface area contributed by atoms with Crippen molar-refractivity contribution in [2.45, 2.75) is 69.4 Å². The van der Waals surface area contributed by atoms with E-state index in [0.29, 0.717) is 10.6 Å². The van der Waals surface area contributed by atoms with Gasteiger partial charge in [0.25, 0.3) is 0 Å². The van der Waals surface area contributed by atoms with Crippen molar-refractivity contribution in [3.05, 3.63) is 65.0 Å². The van der Waals surface area contributed by atoms with E-state index in [1.165, 1.54) is 49.7 Å². The molecule has 14 heteroatoms. The second kappa shape index (κ2) is 12.8. The number of amides is 1. The lowest BCUT2D eigenvalue weighted by atomic mass is 10.1. The Hall–Kier alpha value is -3.20. The molecule has 1 atom stereocenters. The number of hydroxylamine groups is 2. The SMILES string of the molecule is CN(C)S(=O)(=O)c1ccc(C(CS(=O)(=O)Cc2ccc3sccc3c2)N(OC(=O)OC(C)(C)C)C(=O)OC(C)(C)C)cc1. The fraction of sp³-hybridized carbons (Fsp3) is 0.448. The Morgan fingerprint density at radius 2 is 1.47 bits per heavy atom. The summed E-state index contributed by atoms with van der Waals surface area (Å²) in [5.74, 6) is -1.05. The van der Waals surface area contributed by atoms with Gasteiger partial charge in [-0.1, -0.05) is 18.2 Å². The third-order valence-corrected chi connectivity index (χ3v) is 10.1. The van der Waals surface area contributed by atoms with E-state index in [-0.39, 0.29) is 16.2 Å². The molecule has 1 heterocycles. The van der Waals surface area contributed by atoms with Crippen molar-refractivity contribution in [3.63, 3.8) is 0 Å². The summed E-state index contributed by atoms with van der Waals surface area (Å²) >= 11 is 1.53. The molecule has 0 aliphatic heterocycles. The summed E-state index contributed by atoms with van der Waals surface area (Å²) in [6, 6.07) is 11.1. The number of nitrogens with zero attached hydrogens (tertiary/aromatic N) is 2. The first-order valence-electron chi connectivity index (χ1n) is 13.3. The Morgan fingerprint density at radius 1 is 0.860 bits per heavy atom. The molecule has 0 aliphatic carbocycles. The first-order chi connectivity index (χ1) is 19.7. The van der Waals surface area contributed by atoms with E-state index >= 15 is 0 Å². The van der Waals surface area contributed by atoms with Crippen molar-refractivity contribution in [2.75, 3.05) is 19.8 Å². The fourth-order valence-corrected chi connectivity index (χ4v) is 7.20. The average molecular weight is 655 g/mol. The van der Waals surface area contributed by atoms with Crippen LogP contribution in [0.25, 0.3) is 10.1 Å². The third-order valence-electron chi connectivity index (χ3n) is 5.78. The largest absolute Gasteiger partial charge is 0.534 e. The van der Waals surface area contributed by atoms with E-state index < -0.39 is 55.1 Å². The Bertz CT molecular complexity index is 1670. The summed E-state index contributed by atoms with van der Waals surface area (Å²) in [6.45, 7) is 9.60. The molecule has 1 aromatic heterocycles. The molecule has 0 radical (unpaired) electrons. The summed E-state index contributed by atoms with van der Waals surface area (Å²) in [4.78, 5) is 31.5. The van der Waals surface area contributed by atoms with Crippen LogP contribution >= 0.6 is 11.3 Å². The average Bonchev–Trinajstić information content (AvgIpc) is 3.31. The maximum Gasteiger partial charge on any atom is 0.534 e. The second-order valence-electron chi connectivity index (χ2n) is 12.1. The smallest absolute Gasteiger partial charge is 0.442 e. The molecule has 0 fully saturated rings. The highest BCUT2D eigenvalue weighted by molar-refractivity contribution is 7.90.